The van der Waals surface area contributed by atoms with Gasteiger partial charge in [-0.15, -0.1) is 0 Å². The van der Waals surface area contributed by atoms with E-state index < -0.39 is 0 Å². The third-order valence-electron chi connectivity index (χ3n) is 4.23. The summed E-state index contributed by atoms with van der Waals surface area (Å²) in [5.74, 6) is 0.618. The summed E-state index contributed by atoms with van der Waals surface area (Å²) >= 11 is 1.63. The molecule has 2 aromatic rings. The van der Waals surface area contributed by atoms with Gasteiger partial charge in [0, 0.05) is 25.2 Å². The number of nitrogens with one attached hydrogen (secondary N) is 1. The van der Waals surface area contributed by atoms with Crippen LogP contribution in [0.2, 0.25) is 0 Å². The summed E-state index contributed by atoms with van der Waals surface area (Å²) in [4.78, 5) is 26.3. The number of amides is 2. The maximum absolute atomic E-state index is 13.0. The highest BCUT2D eigenvalue weighted by molar-refractivity contribution is 7.07. The molecule has 0 radical (unpaired) electrons. The predicted molar refractivity (Wildman–Crippen MR) is 99.8 cm³/mol. The molecule has 0 spiro atoms. The quantitative estimate of drug-likeness (QED) is 0.771. The molecule has 26 heavy (non-hydrogen) atoms. The second-order valence-electron chi connectivity index (χ2n) is 6.12. The van der Waals surface area contributed by atoms with Gasteiger partial charge < -0.3 is 19.7 Å². The van der Waals surface area contributed by atoms with E-state index in [0.29, 0.717) is 29.6 Å². The van der Waals surface area contributed by atoms with Crippen molar-refractivity contribution in [2.45, 2.75) is 25.4 Å². The van der Waals surface area contributed by atoms with Crippen LogP contribution < -0.4 is 14.8 Å². The summed E-state index contributed by atoms with van der Waals surface area (Å²) in [6.07, 6.45) is 2.08. The van der Waals surface area contributed by atoms with Gasteiger partial charge in [-0.3, -0.25) is 9.59 Å². The molecule has 1 fully saturated rings. The molecule has 0 atom stereocenters. The van der Waals surface area contributed by atoms with Crippen LogP contribution in [0, 0.1) is 0 Å². The van der Waals surface area contributed by atoms with Gasteiger partial charge in [-0.25, -0.2) is 0 Å². The van der Waals surface area contributed by atoms with E-state index in [1.807, 2.05) is 16.3 Å². The number of thiophene rings is 1. The van der Waals surface area contributed by atoms with Crippen molar-refractivity contribution in [2.75, 3.05) is 20.8 Å². The van der Waals surface area contributed by atoms with Crippen molar-refractivity contribution in [2.24, 2.45) is 0 Å². The molecule has 0 unspecified atom stereocenters. The van der Waals surface area contributed by atoms with Gasteiger partial charge in [-0.2, -0.15) is 11.3 Å². The first-order valence-corrected chi connectivity index (χ1v) is 9.40. The van der Waals surface area contributed by atoms with Crippen LogP contribution in [0.15, 0.2) is 35.0 Å². The zero-order valence-corrected chi connectivity index (χ0v) is 15.7. The number of methoxy groups -OCH3 is 1. The summed E-state index contributed by atoms with van der Waals surface area (Å²) in [7, 11) is 3.06. The van der Waals surface area contributed by atoms with Crippen LogP contribution in [-0.2, 0) is 11.3 Å². The molecular formula is C19H22N2O4S. The highest BCUT2D eigenvalue weighted by Crippen LogP contribution is 2.33. The topological polar surface area (TPSA) is 67.9 Å². The first kappa shape index (κ1) is 18.3. The summed E-state index contributed by atoms with van der Waals surface area (Å²) < 4.78 is 10.8. The highest BCUT2D eigenvalue weighted by atomic mass is 32.1. The second kappa shape index (κ2) is 8.23. The van der Waals surface area contributed by atoms with Crippen LogP contribution in [0.25, 0.3) is 0 Å². The van der Waals surface area contributed by atoms with E-state index in [2.05, 4.69) is 10.7 Å². The molecule has 138 valence electrons. The van der Waals surface area contributed by atoms with Crippen molar-refractivity contribution in [1.82, 2.24) is 10.2 Å². The van der Waals surface area contributed by atoms with Crippen LogP contribution in [0.4, 0.5) is 0 Å². The van der Waals surface area contributed by atoms with E-state index in [9.17, 15) is 9.59 Å². The Kier molecular flexibility index (Phi) is 5.78. The van der Waals surface area contributed by atoms with Gasteiger partial charge in [0.15, 0.2) is 18.1 Å². The van der Waals surface area contributed by atoms with Gasteiger partial charge in [0.1, 0.15) is 0 Å². The molecule has 1 heterocycles. The first-order valence-electron chi connectivity index (χ1n) is 8.46. The SMILES string of the molecule is CNC(=O)COc1ccc(C(=O)N(Cc2ccsc2)C2CC2)cc1OC. The minimum absolute atomic E-state index is 0.0187. The van der Waals surface area contributed by atoms with Crippen molar-refractivity contribution in [3.05, 3.63) is 46.2 Å². The van der Waals surface area contributed by atoms with Gasteiger partial charge in [0.25, 0.3) is 11.8 Å². The smallest absolute Gasteiger partial charge is 0.257 e. The third kappa shape index (κ3) is 4.35. The number of carbonyl (C=O) groups excluding carboxylic acids is 2. The van der Waals surface area contributed by atoms with Crippen LogP contribution in [0.3, 0.4) is 0 Å². The van der Waals surface area contributed by atoms with Gasteiger partial charge in [-0.05, 0) is 53.4 Å². The number of ether oxygens (including phenoxy) is 2. The molecule has 3 rings (SSSR count). The molecule has 0 aliphatic heterocycles. The molecule has 2 amide bonds. The average Bonchev–Trinajstić information content (AvgIpc) is 3.38. The van der Waals surface area contributed by atoms with Gasteiger partial charge >= 0.3 is 0 Å². The standard InChI is InChI=1S/C19H22N2O4S/c1-20-18(22)11-25-16-6-3-14(9-17(16)24-2)19(23)21(15-4-5-15)10-13-7-8-26-12-13/h3,6-9,12,15H,4-5,10-11H2,1-2H3,(H,20,22). The van der Waals surface area contributed by atoms with Gasteiger partial charge in [0.05, 0.1) is 7.11 Å². The monoisotopic (exact) mass is 374 g/mol. The molecule has 1 aliphatic carbocycles. The zero-order valence-electron chi connectivity index (χ0n) is 14.9. The fraction of sp³-hybridized carbons (Fsp3) is 0.368. The Labute approximate surface area is 156 Å². The van der Waals surface area contributed by atoms with Crippen LogP contribution in [0.1, 0.15) is 28.8 Å². The number of hydrogen-bond acceptors (Lipinski definition) is 5. The molecular weight excluding hydrogens is 352 g/mol. The Bertz CT molecular complexity index is 772. The maximum Gasteiger partial charge on any atom is 0.257 e. The van der Waals surface area contributed by atoms with Crippen molar-refractivity contribution >= 4 is 23.2 Å². The third-order valence-corrected chi connectivity index (χ3v) is 4.96. The maximum atomic E-state index is 13.0. The van der Waals surface area contributed by atoms with Crippen LogP contribution in [0.5, 0.6) is 11.5 Å². The lowest BCUT2D eigenvalue weighted by Gasteiger charge is -2.22. The molecule has 0 bridgehead atoms. The molecule has 1 aliphatic rings. The van der Waals surface area contributed by atoms with Crippen molar-refractivity contribution < 1.29 is 19.1 Å². The first-order chi connectivity index (χ1) is 12.6. The van der Waals surface area contributed by atoms with E-state index in [1.54, 1.807) is 36.6 Å². The Hall–Kier alpha value is -2.54. The number of rotatable bonds is 8. The van der Waals surface area contributed by atoms with Crippen molar-refractivity contribution in [3.63, 3.8) is 0 Å². The van der Waals surface area contributed by atoms with E-state index in [-0.39, 0.29) is 18.4 Å². The number of nitrogens with zero attached hydrogens (tertiary/aromatic N) is 1. The molecule has 7 heteroatoms. The largest absolute Gasteiger partial charge is 0.493 e. The molecule has 1 saturated carbocycles. The Morgan fingerprint density at radius 3 is 2.69 bits per heavy atom. The van der Waals surface area contributed by atoms with Crippen LogP contribution >= 0.6 is 11.3 Å². The molecule has 1 aromatic heterocycles. The van der Waals surface area contributed by atoms with Gasteiger partial charge in [0.2, 0.25) is 0 Å². The zero-order chi connectivity index (χ0) is 18.5. The Balaban J connectivity index is 1.76. The summed E-state index contributed by atoms with van der Waals surface area (Å²) in [6.45, 7) is 0.511. The number of carbonyl (C=O) groups is 2. The number of benzene rings is 1. The fourth-order valence-corrected chi connectivity index (χ4v) is 3.29. The van der Waals surface area contributed by atoms with Crippen LogP contribution in [-0.4, -0.2) is 43.5 Å². The van der Waals surface area contributed by atoms with E-state index in [0.717, 1.165) is 18.4 Å². The van der Waals surface area contributed by atoms with E-state index in [4.69, 9.17) is 9.47 Å². The highest BCUT2D eigenvalue weighted by Gasteiger charge is 2.33. The molecule has 1 N–H and O–H groups in total. The van der Waals surface area contributed by atoms with E-state index in [1.165, 1.54) is 7.11 Å². The van der Waals surface area contributed by atoms with Gasteiger partial charge in [-0.1, -0.05) is 0 Å². The predicted octanol–water partition coefficient (Wildman–Crippen LogP) is 2.69. The summed E-state index contributed by atoms with van der Waals surface area (Å²) in [5.41, 5.74) is 1.70. The molecule has 1 aromatic carbocycles. The summed E-state index contributed by atoms with van der Waals surface area (Å²) in [5, 5.41) is 6.58. The molecule has 6 nitrogen and oxygen atoms in total. The Morgan fingerprint density at radius 1 is 1.27 bits per heavy atom. The lowest BCUT2D eigenvalue weighted by molar-refractivity contribution is -0.122. The second-order valence-corrected chi connectivity index (χ2v) is 6.90. The number of likely N-dealkylation sites (N-methyl/N-ethyl adjacent to an activating group) is 1. The minimum atomic E-state index is -0.233. The minimum Gasteiger partial charge on any atom is -0.493 e. The lowest BCUT2D eigenvalue weighted by atomic mass is 10.1. The average molecular weight is 374 g/mol. The van der Waals surface area contributed by atoms with Crippen molar-refractivity contribution in [1.29, 1.82) is 0 Å². The Morgan fingerprint density at radius 2 is 2.08 bits per heavy atom. The summed E-state index contributed by atoms with van der Waals surface area (Å²) in [6, 6.07) is 7.41. The lowest BCUT2D eigenvalue weighted by Crippen LogP contribution is -2.32. The van der Waals surface area contributed by atoms with E-state index >= 15 is 0 Å². The normalized spacial score (nSPS) is 13.2. The number of hydrogen-bond donors (Lipinski definition) is 1. The van der Waals surface area contributed by atoms with Crippen molar-refractivity contribution in [3.8, 4) is 11.5 Å². The molecule has 0 saturated heterocycles. The fourth-order valence-electron chi connectivity index (χ4n) is 2.63.